The van der Waals surface area contributed by atoms with E-state index in [0.29, 0.717) is 24.2 Å². The van der Waals surface area contributed by atoms with Gasteiger partial charge in [0.25, 0.3) is 15.9 Å². The molecule has 5 rings (SSSR count). The van der Waals surface area contributed by atoms with Crippen molar-refractivity contribution in [1.82, 2.24) is 5.32 Å². The van der Waals surface area contributed by atoms with Crippen molar-refractivity contribution in [3.05, 3.63) is 108 Å². The molecule has 0 saturated heterocycles. The average Bonchev–Trinajstić information content (AvgIpc) is 3.18. The predicted octanol–water partition coefficient (Wildman–Crippen LogP) is 4.91. The molecule has 4 aromatic carbocycles. The standard InChI is InChI=1S/C27H24N2O3S/c1-19-16-23-17-21(14-15-26(23)29(19)33(31,32)24-11-3-2-4-12-24)27(30)28-18-22-10-7-9-20-8-5-6-13-25(20)22/h2-15,17,19H,16,18H2,1H3,(H,28,30)/t19-/m0/s1. The molecule has 33 heavy (non-hydrogen) atoms. The molecule has 0 aromatic heterocycles. The first-order valence-electron chi connectivity index (χ1n) is 10.9. The Hall–Kier alpha value is -3.64. The highest BCUT2D eigenvalue weighted by Crippen LogP contribution is 2.37. The molecule has 1 aliphatic heterocycles. The van der Waals surface area contributed by atoms with E-state index in [9.17, 15) is 13.2 Å². The van der Waals surface area contributed by atoms with Crippen LogP contribution in [0.5, 0.6) is 0 Å². The quantitative estimate of drug-likeness (QED) is 0.464. The minimum Gasteiger partial charge on any atom is -0.348 e. The molecular formula is C27H24N2O3S. The fourth-order valence-corrected chi connectivity index (χ4v) is 6.25. The van der Waals surface area contributed by atoms with Crippen LogP contribution in [-0.2, 0) is 23.0 Å². The van der Waals surface area contributed by atoms with Crippen LogP contribution < -0.4 is 9.62 Å². The Morgan fingerprint density at radius 3 is 2.48 bits per heavy atom. The number of hydrogen-bond donors (Lipinski definition) is 1. The molecule has 4 aromatic rings. The Labute approximate surface area is 193 Å². The van der Waals surface area contributed by atoms with E-state index in [0.717, 1.165) is 21.9 Å². The van der Waals surface area contributed by atoms with Crippen molar-refractivity contribution in [3.8, 4) is 0 Å². The van der Waals surface area contributed by atoms with Crippen molar-refractivity contribution >= 4 is 32.4 Å². The first-order chi connectivity index (χ1) is 15.9. The Balaban J connectivity index is 1.38. The molecule has 0 fully saturated rings. The molecule has 0 bridgehead atoms. The molecule has 0 radical (unpaired) electrons. The van der Waals surface area contributed by atoms with Crippen LogP contribution in [0.15, 0.2) is 95.9 Å². The molecule has 1 heterocycles. The van der Waals surface area contributed by atoms with Crippen molar-refractivity contribution in [3.63, 3.8) is 0 Å². The second kappa shape index (κ2) is 8.37. The normalized spacial score (nSPS) is 15.4. The van der Waals surface area contributed by atoms with Crippen LogP contribution in [0.2, 0.25) is 0 Å². The van der Waals surface area contributed by atoms with Crippen molar-refractivity contribution < 1.29 is 13.2 Å². The van der Waals surface area contributed by atoms with E-state index in [1.807, 2.05) is 37.3 Å². The number of nitrogens with zero attached hydrogens (tertiary/aromatic N) is 1. The van der Waals surface area contributed by atoms with E-state index >= 15 is 0 Å². The lowest BCUT2D eigenvalue weighted by molar-refractivity contribution is 0.0951. The number of carbonyl (C=O) groups excluding carboxylic acids is 1. The number of anilines is 1. The van der Waals surface area contributed by atoms with Gasteiger partial charge in [-0.05, 0) is 65.6 Å². The van der Waals surface area contributed by atoms with Gasteiger partial charge in [0.15, 0.2) is 0 Å². The number of rotatable bonds is 5. The number of hydrogen-bond acceptors (Lipinski definition) is 3. The van der Waals surface area contributed by atoms with Crippen LogP contribution in [0, 0.1) is 0 Å². The molecule has 166 valence electrons. The largest absolute Gasteiger partial charge is 0.348 e. The van der Waals surface area contributed by atoms with Gasteiger partial charge >= 0.3 is 0 Å². The van der Waals surface area contributed by atoms with Gasteiger partial charge in [0.05, 0.1) is 10.6 Å². The smallest absolute Gasteiger partial charge is 0.264 e. The monoisotopic (exact) mass is 456 g/mol. The van der Waals surface area contributed by atoms with E-state index in [1.54, 1.807) is 42.5 Å². The Morgan fingerprint density at radius 2 is 1.67 bits per heavy atom. The van der Waals surface area contributed by atoms with E-state index in [4.69, 9.17) is 0 Å². The highest BCUT2D eigenvalue weighted by atomic mass is 32.2. The van der Waals surface area contributed by atoms with Gasteiger partial charge in [-0.25, -0.2) is 8.42 Å². The van der Waals surface area contributed by atoms with Gasteiger partial charge in [-0.15, -0.1) is 0 Å². The maximum Gasteiger partial charge on any atom is 0.264 e. The number of nitrogens with one attached hydrogen (secondary N) is 1. The Kier molecular flexibility index (Phi) is 5.38. The molecule has 5 nitrogen and oxygen atoms in total. The maximum absolute atomic E-state index is 13.2. The van der Waals surface area contributed by atoms with Gasteiger partial charge in [-0.1, -0.05) is 60.7 Å². The summed E-state index contributed by atoms with van der Waals surface area (Å²) in [7, 11) is -3.67. The molecule has 0 saturated carbocycles. The molecule has 1 atom stereocenters. The summed E-state index contributed by atoms with van der Waals surface area (Å²) in [5.74, 6) is -0.178. The van der Waals surface area contributed by atoms with Gasteiger partial charge in [-0.3, -0.25) is 9.10 Å². The second-order valence-electron chi connectivity index (χ2n) is 8.33. The average molecular weight is 457 g/mol. The van der Waals surface area contributed by atoms with E-state index in [2.05, 4.69) is 23.5 Å². The summed E-state index contributed by atoms with van der Waals surface area (Å²) >= 11 is 0. The molecular weight excluding hydrogens is 432 g/mol. The summed E-state index contributed by atoms with van der Waals surface area (Å²) < 4.78 is 27.9. The summed E-state index contributed by atoms with van der Waals surface area (Å²) in [4.78, 5) is 13.2. The van der Waals surface area contributed by atoms with Gasteiger partial charge in [0, 0.05) is 18.2 Å². The molecule has 1 amide bonds. The minimum atomic E-state index is -3.67. The third kappa shape index (κ3) is 3.87. The number of amides is 1. The second-order valence-corrected chi connectivity index (χ2v) is 10.1. The highest BCUT2D eigenvalue weighted by Gasteiger charge is 2.36. The Morgan fingerprint density at radius 1 is 0.939 bits per heavy atom. The van der Waals surface area contributed by atoms with Crippen molar-refractivity contribution in [1.29, 1.82) is 0 Å². The summed E-state index contributed by atoms with van der Waals surface area (Å²) in [6.45, 7) is 2.31. The zero-order valence-electron chi connectivity index (χ0n) is 18.2. The summed E-state index contributed by atoms with van der Waals surface area (Å²) in [6.07, 6.45) is 0.561. The van der Waals surface area contributed by atoms with E-state index < -0.39 is 10.0 Å². The third-order valence-corrected chi connectivity index (χ3v) is 8.06. The van der Waals surface area contributed by atoms with Gasteiger partial charge in [-0.2, -0.15) is 0 Å². The van der Waals surface area contributed by atoms with Gasteiger partial charge in [0.1, 0.15) is 0 Å². The Bertz CT molecular complexity index is 1440. The predicted molar refractivity (Wildman–Crippen MR) is 131 cm³/mol. The van der Waals surface area contributed by atoms with Gasteiger partial charge < -0.3 is 5.32 Å². The third-order valence-electron chi connectivity index (χ3n) is 6.11. The SMILES string of the molecule is C[C@H]1Cc2cc(C(=O)NCc3cccc4ccccc34)ccc2N1S(=O)(=O)c1ccccc1. The van der Waals surface area contributed by atoms with Crippen LogP contribution in [0.1, 0.15) is 28.4 Å². The molecule has 0 spiro atoms. The first-order valence-corrected chi connectivity index (χ1v) is 12.4. The summed E-state index contributed by atoms with van der Waals surface area (Å²) in [5.41, 5.74) is 3.08. The van der Waals surface area contributed by atoms with Crippen molar-refractivity contribution in [2.24, 2.45) is 0 Å². The molecule has 6 heteroatoms. The zero-order chi connectivity index (χ0) is 23.0. The summed E-state index contributed by atoms with van der Waals surface area (Å²) in [6, 6.07) is 27.6. The lowest BCUT2D eigenvalue weighted by Gasteiger charge is -2.24. The minimum absolute atomic E-state index is 0.178. The first kappa shape index (κ1) is 21.2. The van der Waals surface area contributed by atoms with E-state index in [-0.39, 0.29) is 16.8 Å². The molecule has 0 unspecified atom stereocenters. The van der Waals surface area contributed by atoms with Crippen LogP contribution in [0.25, 0.3) is 10.8 Å². The number of carbonyl (C=O) groups is 1. The fourth-order valence-electron chi connectivity index (χ4n) is 4.54. The number of fused-ring (bicyclic) bond motifs is 2. The van der Waals surface area contributed by atoms with Crippen LogP contribution in [0.4, 0.5) is 5.69 Å². The zero-order valence-corrected chi connectivity index (χ0v) is 19.0. The lowest BCUT2D eigenvalue weighted by Crippen LogP contribution is -2.35. The number of sulfonamides is 1. The molecule has 1 N–H and O–H groups in total. The van der Waals surface area contributed by atoms with Crippen LogP contribution in [-0.4, -0.2) is 20.4 Å². The van der Waals surface area contributed by atoms with Crippen LogP contribution in [0.3, 0.4) is 0 Å². The maximum atomic E-state index is 13.2. The molecule has 1 aliphatic rings. The van der Waals surface area contributed by atoms with E-state index in [1.165, 1.54) is 4.31 Å². The number of benzene rings is 4. The highest BCUT2D eigenvalue weighted by molar-refractivity contribution is 7.92. The van der Waals surface area contributed by atoms with Gasteiger partial charge in [0.2, 0.25) is 0 Å². The topological polar surface area (TPSA) is 66.5 Å². The van der Waals surface area contributed by atoms with Crippen molar-refractivity contribution in [2.45, 2.75) is 30.8 Å². The molecule has 0 aliphatic carbocycles. The fraction of sp³-hybridized carbons (Fsp3) is 0.148. The summed E-state index contributed by atoms with van der Waals surface area (Å²) in [5, 5.41) is 5.26. The lowest BCUT2D eigenvalue weighted by atomic mass is 10.0. The van der Waals surface area contributed by atoms with Crippen molar-refractivity contribution in [2.75, 3.05) is 4.31 Å². The van der Waals surface area contributed by atoms with Crippen LogP contribution >= 0.6 is 0 Å².